The van der Waals surface area contributed by atoms with E-state index in [9.17, 15) is 18.0 Å². The highest BCUT2D eigenvalue weighted by atomic mass is 32.2. The molecule has 31 heavy (non-hydrogen) atoms. The van der Waals surface area contributed by atoms with Gasteiger partial charge in [-0.05, 0) is 29.8 Å². The number of hydrogen-bond acceptors (Lipinski definition) is 5. The fourth-order valence-electron chi connectivity index (χ4n) is 3.83. The van der Waals surface area contributed by atoms with Gasteiger partial charge >= 0.3 is 0 Å². The second-order valence-corrected chi connectivity index (χ2v) is 9.61. The van der Waals surface area contributed by atoms with Crippen molar-refractivity contribution in [3.05, 3.63) is 71.8 Å². The molecule has 7 nitrogen and oxygen atoms in total. The molecule has 2 aliphatic rings. The van der Waals surface area contributed by atoms with Crippen LogP contribution in [0.4, 0.5) is 5.69 Å². The lowest BCUT2D eigenvalue weighted by atomic mass is 10.1. The van der Waals surface area contributed by atoms with Crippen LogP contribution in [0.5, 0.6) is 0 Å². The van der Waals surface area contributed by atoms with Crippen molar-refractivity contribution in [1.82, 2.24) is 9.80 Å². The predicted octanol–water partition coefficient (Wildman–Crippen LogP) is 2.22. The Morgan fingerprint density at radius 3 is 2.23 bits per heavy atom. The van der Waals surface area contributed by atoms with E-state index in [1.807, 2.05) is 23.1 Å². The Bertz CT molecular complexity index is 1070. The third kappa shape index (κ3) is 4.86. The van der Waals surface area contributed by atoms with Gasteiger partial charge in [0, 0.05) is 44.7 Å². The summed E-state index contributed by atoms with van der Waals surface area (Å²) in [6, 6.07) is 16.4. The predicted molar refractivity (Wildman–Crippen MR) is 120 cm³/mol. The third-order valence-electron chi connectivity index (χ3n) is 5.56. The largest absolute Gasteiger partial charge is 0.336 e. The zero-order valence-corrected chi connectivity index (χ0v) is 18.0. The van der Waals surface area contributed by atoms with Gasteiger partial charge in [-0.25, -0.2) is 12.7 Å². The first-order valence-corrected chi connectivity index (χ1v) is 11.9. The van der Waals surface area contributed by atoms with Crippen molar-refractivity contribution in [2.24, 2.45) is 0 Å². The van der Waals surface area contributed by atoms with Gasteiger partial charge in [0.25, 0.3) is 5.91 Å². The summed E-state index contributed by atoms with van der Waals surface area (Å²) in [5.74, 6) is -0.685. The summed E-state index contributed by atoms with van der Waals surface area (Å²) in [5, 5.41) is 0. The normalized spacial score (nSPS) is 19.3. The maximum absolute atomic E-state index is 12.8. The van der Waals surface area contributed by atoms with Crippen LogP contribution < -0.4 is 4.31 Å². The lowest BCUT2D eigenvalue weighted by Gasteiger charge is -2.34. The quantitative estimate of drug-likeness (QED) is 0.714. The molecule has 0 atom stereocenters. The summed E-state index contributed by atoms with van der Waals surface area (Å²) < 4.78 is 24.9. The molecule has 0 aromatic heterocycles. The first-order valence-electron chi connectivity index (χ1n) is 10.3. The summed E-state index contributed by atoms with van der Waals surface area (Å²) in [4.78, 5) is 28.8. The number of sulfonamides is 1. The van der Waals surface area contributed by atoms with E-state index >= 15 is 0 Å². The van der Waals surface area contributed by atoms with E-state index in [-0.39, 0.29) is 23.8 Å². The molecule has 0 N–H and O–H groups in total. The molecule has 0 aliphatic carbocycles. The molecular weight excluding hydrogens is 414 g/mol. The Hall–Kier alpha value is -2.97. The number of piperazine rings is 1. The molecule has 8 heteroatoms. The number of hydrogen-bond donors (Lipinski definition) is 0. The Morgan fingerprint density at radius 1 is 0.935 bits per heavy atom. The SMILES string of the molecule is O=C(c1ccc(N2C(=O)CCS2(=O)=O)cc1)N1CCN(C/C=C/c2ccccc2)CC1. The minimum absolute atomic E-state index is 0.00612. The first-order chi connectivity index (χ1) is 14.9. The Kier molecular flexibility index (Phi) is 6.20. The minimum Gasteiger partial charge on any atom is -0.336 e. The maximum Gasteiger partial charge on any atom is 0.253 e. The smallest absolute Gasteiger partial charge is 0.253 e. The van der Waals surface area contributed by atoms with E-state index in [1.54, 1.807) is 12.1 Å². The van der Waals surface area contributed by atoms with Gasteiger partial charge in [0.05, 0.1) is 11.4 Å². The van der Waals surface area contributed by atoms with Gasteiger partial charge in [0.15, 0.2) is 0 Å². The molecule has 2 saturated heterocycles. The maximum atomic E-state index is 12.8. The molecule has 162 valence electrons. The van der Waals surface area contributed by atoms with Crippen LogP contribution in [-0.4, -0.2) is 68.5 Å². The van der Waals surface area contributed by atoms with Crippen molar-refractivity contribution in [3.8, 4) is 0 Å². The molecule has 0 saturated carbocycles. The van der Waals surface area contributed by atoms with Crippen LogP contribution in [0.25, 0.3) is 6.08 Å². The second kappa shape index (κ2) is 9.03. The lowest BCUT2D eigenvalue weighted by Crippen LogP contribution is -2.48. The van der Waals surface area contributed by atoms with E-state index in [2.05, 4.69) is 29.2 Å². The molecule has 2 aromatic carbocycles. The molecular formula is C23H25N3O4S. The van der Waals surface area contributed by atoms with Gasteiger partial charge in [0.1, 0.15) is 0 Å². The zero-order valence-electron chi connectivity index (χ0n) is 17.2. The topological polar surface area (TPSA) is 78.0 Å². The fraction of sp³-hybridized carbons (Fsp3) is 0.304. The molecule has 0 radical (unpaired) electrons. The van der Waals surface area contributed by atoms with Gasteiger partial charge in [0.2, 0.25) is 15.9 Å². The van der Waals surface area contributed by atoms with Crippen LogP contribution in [-0.2, 0) is 14.8 Å². The van der Waals surface area contributed by atoms with Gasteiger partial charge in [-0.1, -0.05) is 42.5 Å². The lowest BCUT2D eigenvalue weighted by molar-refractivity contribution is -0.116. The van der Waals surface area contributed by atoms with E-state index in [0.29, 0.717) is 18.7 Å². The zero-order chi connectivity index (χ0) is 21.8. The number of benzene rings is 2. The van der Waals surface area contributed by atoms with Crippen LogP contribution in [0.3, 0.4) is 0 Å². The average molecular weight is 440 g/mol. The highest BCUT2D eigenvalue weighted by Crippen LogP contribution is 2.25. The summed E-state index contributed by atoms with van der Waals surface area (Å²) in [5.41, 5.74) is 1.95. The molecule has 0 unspecified atom stereocenters. The van der Waals surface area contributed by atoms with E-state index in [1.165, 1.54) is 17.7 Å². The number of amides is 2. The summed E-state index contributed by atoms with van der Waals surface area (Å²) in [6.45, 7) is 3.70. The second-order valence-electron chi connectivity index (χ2n) is 7.68. The minimum atomic E-state index is -3.60. The summed E-state index contributed by atoms with van der Waals surface area (Å²) in [7, 11) is -3.60. The van der Waals surface area contributed by atoms with Crippen molar-refractivity contribution in [3.63, 3.8) is 0 Å². The van der Waals surface area contributed by atoms with Crippen LogP contribution in [0.2, 0.25) is 0 Å². The number of anilines is 1. The Labute approximate surface area is 182 Å². The standard InChI is InChI=1S/C23H25N3O4S/c27-22-12-18-31(29,30)26(22)21-10-8-20(9-11-21)23(28)25-16-14-24(15-17-25)13-4-7-19-5-2-1-3-6-19/h1-11H,12-18H2/b7-4+. The van der Waals surface area contributed by atoms with Crippen molar-refractivity contribution >= 4 is 33.6 Å². The van der Waals surface area contributed by atoms with Crippen LogP contribution in [0.1, 0.15) is 22.3 Å². The molecule has 0 spiro atoms. The van der Waals surface area contributed by atoms with E-state index in [4.69, 9.17) is 0 Å². The van der Waals surface area contributed by atoms with Crippen LogP contribution in [0, 0.1) is 0 Å². The van der Waals surface area contributed by atoms with Gasteiger partial charge in [-0.3, -0.25) is 14.5 Å². The highest BCUT2D eigenvalue weighted by Gasteiger charge is 2.36. The number of rotatable bonds is 5. The van der Waals surface area contributed by atoms with Crippen molar-refractivity contribution < 1.29 is 18.0 Å². The fourth-order valence-corrected chi connectivity index (χ4v) is 5.29. The molecule has 2 fully saturated rings. The third-order valence-corrected chi connectivity index (χ3v) is 7.25. The van der Waals surface area contributed by atoms with Gasteiger partial charge < -0.3 is 4.90 Å². The van der Waals surface area contributed by atoms with Crippen LogP contribution >= 0.6 is 0 Å². The first kappa shape index (κ1) is 21.3. The highest BCUT2D eigenvalue weighted by molar-refractivity contribution is 7.94. The summed E-state index contributed by atoms with van der Waals surface area (Å²) in [6.07, 6.45) is 4.23. The molecule has 2 aromatic rings. The van der Waals surface area contributed by atoms with Crippen molar-refractivity contribution in [2.45, 2.75) is 6.42 Å². The Morgan fingerprint density at radius 2 is 1.61 bits per heavy atom. The molecule has 2 aliphatic heterocycles. The van der Waals surface area contributed by atoms with E-state index in [0.717, 1.165) is 23.9 Å². The summed E-state index contributed by atoms with van der Waals surface area (Å²) >= 11 is 0. The Balaban J connectivity index is 1.31. The van der Waals surface area contributed by atoms with Gasteiger partial charge in [-0.15, -0.1) is 0 Å². The van der Waals surface area contributed by atoms with Crippen molar-refractivity contribution in [2.75, 3.05) is 42.8 Å². The monoisotopic (exact) mass is 439 g/mol. The van der Waals surface area contributed by atoms with Gasteiger partial charge in [-0.2, -0.15) is 0 Å². The van der Waals surface area contributed by atoms with E-state index < -0.39 is 15.9 Å². The molecule has 2 amide bonds. The van der Waals surface area contributed by atoms with Crippen molar-refractivity contribution in [1.29, 1.82) is 0 Å². The molecule has 2 heterocycles. The molecule has 0 bridgehead atoms. The number of carbonyl (C=O) groups excluding carboxylic acids is 2. The van der Waals surface area contributed by atoms with Crippen LogP contribution in [0.15, 0.2) is 60.7 Å². The number of carbonyl (C=O) groups is 2. The average Bonchev–Trinajstić information content (AvgIpc) is 3.07. The number of nitrogens with zero attached hydrogens (tertiary/aromatic N) is 3. The molecule has 4 rings (SSSR count).